The number of fused-ring (bicyclic) bond motifs is 1. The number of nitrogens with zero attached hydrogens (tertiary/aromatic N) is 2. The van der Waals surface area contributed by atoms with E-state index in [-0.39, 0.29) is 16.3 Å². The summed E-state index contributed by atoms with van der Waals surface area (Å²) in [6.07, 6.45) is 4.20. The summed E-state index contributed by atoms with van der Waals surface area (Å²) >= 11 is 6.06. The Bertz CT molecular complexity index is 952. The van der Waals surface area contributed by atoms with Crippen molar-refractivity contribution >= 4 is 34.6 Å². The van der Waals surface area contributed by atoms with E-state index in [0.29, 0.717) is 5.69 Å². The van der Waals surface area contributed by atoms with Crippen LogP contribution in [-0.2, 0) is 6.42 Å². The Morgan fingerprint density at radius 1 is 1.29 bits per heavy atom. The van der Waals surface area contributed by atoms with E-state index in [4.69, 9.17) is 11.6 Å². The highest BCUT2D eigenvalue weighted by molar-refractivity contribution is 6.34. The maximum atomic E-state index is 12.6. The fourth-order valence-corrected chi connectivity index (χ4v) is 3.44. The lowest BCUT2D eigenvalue weighted by Crippen LogP contribution is -2.29. The molecule has 3 rings (SSSR count). The van der Waals surface area contributed by atoms with Crippen LogP contribution >= 0.6 is 11.6 Å². The Kier molecular flexibility index (Phi) is 5.99. The number of carbonyl (C=O) groups is 1. The van der Waals surface area contributed by atoms with Gasteiger partial charge >= 0.3 is 0 Å². The van der Waals surface area contributed by atoms with E-state index in [1.807, 2.05) is 18.2 Å². The van der Waals surface area contributed by atoms with Gasteiger partial charge in [0, 0.05) is 36.6 Å². The number of halogens is 1. The van der Waals surface area contributed by atoms with Crippen LogP contribution in [0.4, 0.5) is 17.1 Å². The highest BCUT2D eigenvalue weighted by Gasteiger charge is 2.19. The SMILES string of the molecule is CC(C)=CCN1CCCc2cc(NC(=O)c3cc([N+](=O)[O-])ccc3Cl)ccc21. The summed E-state index contributed by atoms with van der Waals surface area (Å²) in [5.41, 5.74) is 4.19. The third-order valence-corrected chi connectivity index (χ3v) is 5.01. The predicted molar refractivity (Wildman–Crippen MR) is 112 cm³/mol. The molecule has 1 amide bonds. The van der Waals surface area contributed by atoms with Crippen molar-refractivity contribution in [2.24, 2.45) is 0 Å². The van der Waals surface area contributed by atoms with Gasteiger partial charge in [-0.2, -0.15) is 0 Å². The first-order valence-electron chi connectivity index (χ1n) is 9.11. The van der Waals surface area contributed by atoms with Crippen LogP contribution in [0.5, 0.6) is 0 Å². The Balaban J connectivity index is 1.81. The van der Waals surface area contributed by atoms with Gasteiger partial charge in [-0.3, -0.25) is 14.9 Å². The van der Waals surface area contributed by atoms with Gasteiger partial charge in [0.05, 0.1) is 15.5 Å². The van der Waals surface area contributed by atoms with E-state index >= 15 is 0 Å². The fourth-order valence-electron chi connectivity index (χ4n) is 3.23. The molecule has 0 spiro atoms. The van der Waals surface area contributed by atoms with Crippen molar-refractivity contribution in [1.82, 2.24) is 0 Å². The molecule has 0 aromatic heterocycles. The van der Waals surface area contributed by atoms with E-state index in [9.17, 15) is 14.9 Å². The first-order valence-corrected chi connectivity index (χ1v) is 9.49. The number of nitro groups is 1. The van der Waals surface area contributed by atoms with Gasteiger partial charge in [0.25, 0.3) is 11.6 Å². The lowest BCUT2D eigenvalue weighted by atomic mass is 10.0. The number of hydrogen-bond acceptors (Lipinski definition) is 4. The first kappa shape index (κ1) is 19.9. The smallest absolute Gasteiger partial charge is 0.270 e. The number of hydrogen-bond donors (Lipinski definition) is 1. The Hall–Kier alpha value is -2.86. The highest BCUT2D eigenvalue weighted by Crippen LogP contribution is 2.30. The number of rotatable bonds is 5. The minimum Gasteiger partial charge on any atom is -0.368 e. The van der Waals surface area contributed by atoms with E-state index in [1.54, 1.807) is 0 Å². The zero-order chi connectivity index (χ0) is 20.3. The molecule has 2 aromatic carbocycles. The van der Waals surface area contributed by atoms with Crippen LogP contribution < -0.4 is 10.2 Å². The molecule has 0 atom stereocenters. The van der Waals surface area contributed by atoms with Crippen LogP contribution in [0, 0.1) is 10.1 Å². The van der Waals surface area contributed by atoms with Crippen LogP contribution in [0.3, 0.4) is 0 Å². The van der Waals surface area contributed by atoms with Gasteiger partial charge in [0.1, 0.15) is 0 Å². The standard InChI is InChI=1S/C21H22ClN3O3/c1-14(2)9-11-24-10-3-4-15-12-16(5-8-20(15)24)23-21(26)18-13-17(25(27)28)6-7-19(18)22/h5-9,12-13H,3-4,10-11H2,1-2H3,(H,23,26). The fraction of sp³-hybridized carbons (Fsp3) is 0.286. The van der Waals surface area contributed by atoms with Crippen LogP contribution in [0.15, 0.2) is 48.0 Å². The van der Waals surface area contributed by atoms with Crippen molar-refractivity contribution in [3.8, 4) is 0 Å². The van der Waals surface area contributed by atoms with Gasteiger partial charge in [-0.15, -0.1) is 0 Å². The number of anilines is 2. The molecule has 146 valence electrons. The number of allylic oxidation sites excluding steroid dienone is 1. The monoisotopic (exact) mass is 399 g/mol. The number of benzene rings is 2. The van der Waals surface area contributed by atoms with Crippen molar-refractivity contribution in [2.45, 2.75) is 26.7 Å². The van der Waals surface area contributed by atoms with Gasteiger partial charge in [-0.1, -0.05) is 23.3 Å². The molecule has 7 heteroatoms. The molecule has 28 heavy (non-hydrogen) atoms. The molecule has 0 radical (unpaired) electrons. The average molecular weight is 400 g/mol. The molecule has 1 heterocycles. The highest BCUT2D eigenvalue weighted by atomic mass is 35.5. The van der Waals surface area contributed by atoms with E-state index in [2.05, 4.69) is 30.1 Å². The summed E-state index contributed by atoms with van der Waals surface area (Å²) in [6.45, 7) is 6.04. The van der Waals surface area contributed by atoms with Gasteiger partial charge in [-0.25, -0.2) is 0 Å². The number of amides is 1. The maximum Gasteiger partial charge on any atom is 0.270 e. The molecule has 1 N–H and O–H groups in total. The van der Waals surface area contributed by atoms with Gasteiger partial charge < -0.3 is 10.2 Å². The zero-order valence-electron chi connectivity index (χ0n) is 15.9. The van der Waals surface area contributed by atoms with Crippen LogP contribution in [-0.4, -0.2) is 23.9 Å². The second-order valence-electron chi connectivity index (χ2n) is 7.05. The minimum absolute atomic E-state index is 0.0822. The summed E-state index contributed by atoms with van der Waals surface area (Å²) < 4.78 is 0. The third-order valence-electron chi connectivity index (χ3n) is 4.68. The zero-order valence-corrected chi connectivity index (χ0v) is 16.6. The molecule has 0 fully saturated rings. The topological polar surface area (TPSA) is 75.5 Å². The number of non-ortho nitro benzene ring substituents is 1. The summed E-state index contributed by atoms with van der Waals surface area (Å²) in [5, 5.41) is 13.9. The van der Waals surface area contributed by atoms with Gasteiger partial charge in [0.15, 0.2) is 0 Å². The summed E-state index contributed by atoms with van der Waals surface area (Å²) in [7, 11) is 0. The maximum absolute atomic E-state index is 12.6. The number of aryl methyl sites for hydroxylation is 1. The molecule has 0 aliphatic carbocycles. The number of carbonyl (C=O) groups excluding carboxylic acids is 1. The summed E-state index contributed by atoms with van der Waals surface area (Å²) in [6, 6.07) is 9.66. The number of nitrogens with one attached hydrogen (secondary N) is 1. The summed E-state index contributed by atoms with van der Waals surface area (Å²) in [4.78, 5) is 25.3. The molecule has 1 aliphatic heterocycles. The van der Waals surface area contributed by atoms with Gasteiger partial charge in [0.2, 0.25) is 0 Å². The lowest BCUT2D eigenvalue weighted by molar-refractivity contribution is -0.384. The molecule has 1 aliphatic rings. The molecule has 6 nitrogen and oxygen atoms in total. The van der Waals surface area contributed by atoms with Crippen molar-refractivity contribution in [1.29, 1.82) is 0 Å². The largest absolute Gasteiger partial charge is 0.368 e. The number of nitro benzene ring substituents is 1. The second kappa shape index (κ2) is 8.44. The van der Waals surface area contributed by atoms with Crippen molar-refractivity contribution < 1.29 is 9.72 Å². The molecule has 0 bridgehead atoms. The molecule has 0 saturated carbocycles. The van der Waals surface area contributed by atoms with Crippen molar-refractivity contribution in [3.63, 3.8) is 0 Å². The van der Waals surface area contributed by atoms with E-state index in [0.717, 1.165) is 25.9 Å². The van der Waals surface area contributed by atoms with Crippen molar-refractivity contribution in [3.05, 3.63) is 74.3 Å². The Morgan fingerprint density at radius 2 is 2.07 bits per heavy atom. The van der Waals surface area contributed by atoms with Gasteiger partial charge in [-0.05, 0) is 56.5 Å². The molecular weight excluding hydrogens is 378 g/mol. The van der Waals surface area contributed by atoms with E-state index < -0.39 is 10.8 Å². The first-order chi connectivity index (χ1) is 13.3. The normalized spacial score (nSPS) is 12.9. The average Bonchev–Trinajstić information content (AvgIpc) is 2.66. The quantitative estimate of drug-likeness (QED) is 0.425. The Morgan fingerprint density at radius 3 is 2.79 bits per heavy atom. The van der Waals surface area contributed by atoms with Crippen LogP contribution in [0.25, 0.3) is 0 Å². The van der Waals surface area contributed by atoms with Crippen LogP contribution in [0.2, 0.25) is 5.02 Å². The summed E-state index contributed by atoms with van der Waals surface area (Å²) in [5.74, 6) is -0.467. The molecule has 0 saturated heterocycles. The second-order valence-corrected chi connectivity index (χ2v) is 7.46. The van der Waals surface area contributed by atoms with Crippen molar-refractivity contribution in [2.75, 3.05) is 23.3 Å². The molecular formula is C21H22ClN3O3. The molecule has 0 unspecified atom stereocenters. The lowest BCUT2D eigenvalue weighted by Gasteiger charge is -2.31. The van der Waals surface area contributed by atoms with E-state index in [1.165, 1.54) is 35.0 Å². The van der Waals surface area contributed by atoms with Crippen LogP contribution in [0.1, 0.15) is 36.2 Å². The predicted octanol–water partition coefficient (Wildman–Crippen LogP) is 5.22. The Labute approximate surface area is 169 Å². The molecule has 2 aromatic rings. The third kappa shape index (κ3) is 4.51. The minimum atomic E-state index is -0.549.